The molecule has 1 amide bonds. The number of amides is 1. The van der Waals surface area contributed by atoms with Gasteiger partial charge in [-0.15, -0.1) is 4.28 Å². The van der Waals surface area contributed by atoms with Crippen LogP contribution in [0.1, 0.15) is 46.0 Å². The Morgan fingerprint density at radius 3 is 2.45 bits per heavy atom. The van der Waals surface area contributed by atoms with Gasteiger partial charge in [0.1, 0.15) is 5.78 Å². The minimum Gasteiger partial charge on any atom is -0.371 e. The van der Waals surface area contributed by atoms with Gasteiger partial charge in [-0.2, -0.15) is 13.5 Å². The van der Waals surface area contributed by atoms with E-state index >= 15 is 0 Å². The van der Waals surface area contributed by atoms with Crippen LogP contribution in [0.3, 0.4) is 0 Å². The first-order valence-electron chi connectivity index (χ1n) is 7.55. The zero-order valence-corrected chi connectivity index (χ0v) is 13.6. The van der Waals surface area contributed by atoms with Crippen LogP contribution in [0.2, 0.25) is 0 Å². The molecule has 22 heavy (non-hydrogen) atoms. The van der Waals surface area contributed by atoms with E-state index in [2.05, 4.69) is 0 Å². The molecule has 1 N–H and O–H groups in total. The molecule has 1 heterocycles. The van der Waals surface area contributed by atoms with E-state index in [-0.39, 0.29) is 24.5 Å². The van der Waals surface area contributed by atoms with Crippen molar-refractivity contribution in [2.75, 3.05) is 5.75 Å². The predicted molar refractivity (Wildman–Crippen MR) is 75.5 cm³/mol. The lowest BCUT2D eigenvalue weighted by atomic mass is 9.70. The van der Waals surface area contributed by atoms with Crippen molar-refractivity contribution in [1.82, 2.24) is 5.06 Å². The Kier molecular flexibility index (Phi) is 3.43. The number of carbonyl (C=O) groups is 2. The zero-order chi connectivity index (χ0) is 16.3. The number of rotatable bonds is 4. The summed E-state index contributed by atoms with van der Waals surface area (Å²) in [6, 6.07) is 0. The molecule has 3 unspecified atom stereocenters. The zero-order valence-electron chi connectivity index (χ0n) is 12.7. The van der Waals surface area contributed by atoms with Gasteiger partial charge in [-0.05, 0) is 24.2 Å². The molecule has 2 bridgehead atoms. The van der Waals surface area contributed by atoms with Crippen molar-refractivity contribution < 1.29 is 27.4 Å². The fourth-order valence-corrected chi connectivity index (χ4v) is 6.06. The van der Waals surface area contributed by atoms with Gasteiger partial charge in [0.25, 0.3) is 10.1 Å². The van der Waals surface area contributed by atoms with Crippen LogP contribution in [0.5, 0.6) is 0 Å². The third-order valence-electron chi connectivity index (χ3n) is 5.89. The van der Waals surface area contributed by atoms with Crippen molar-refractivity contribution in [3.05, 3.63) is 0 Å². The summed E-state index contributed by atoms with van der Waals surface area (Å²) >= 11 is 0. The number of carbonyl (C=O) groups excluding carboxylic acids is 2. The molecular formula is C14H21NO6S. The largest absolute Gasteiger partial charge is 0.371 e. The summed E-state index contributed by atoms with van der Waals surface area (Å²) in [5.41, 5.74) is -1.33. The van der Waals surface area contributed by atoms with Gasteiger partial charge < -0.3 is 5.11 Å². The summed E-state index contributed by atoms with van der Waals surface area (Å²) in [6.45, 7) is 3.86. The Morgan fingerprint density at radius 2 is 2.00 bits per heavy atom. The normalized spacial score (nSPS) is 37.3. The number of Topliss-reactive ketones (excluding diaryl/α,β-unsaturated/α-hetero) is 1. The Labute approximate surface area is 129 Å². The highest BCUT2D eigenvalue weighted by molar-refractivity contribution is 7.86. The van der Waals surface area contributed by atoms with Gasteiger partial charge >= 0.3 is 0 Å². The maximum atomic E-state index is 12.4. The molecular weight excluding hydrogens is 310 g/mol. The molecule has 3 fully saturated rings. The molecule has 1 saturated heterocycles. The van der Waals surface area contributed by atoms with Gasteiger partial charge in [-0.3, -0.25) is 9.59 Å². The third-order valence-corrected chi connectivity index (χ3v) is 7.12. The highest BCUT2D eigenvalue weighted by Crippen LogP contribution is 2.64. The van der Waals surface area contributed by atoms with E-state index in [9.17, 15) is 23.1 Å². The Morgan fingerprint density at radius 1 is 1.32 bits per heavy atom. The number of hydroxylamine groups is 2. The topological polar surface area (TPSA) is 101 Å². The standard InChI is InChI=1S/C14H21NO6S/c1-13(2)9-5-6-14(13,10(16)7-9)8-22(19,20)21-15-11(17)3-4-12(15)18/h9,11,17H,3-8H2,1-2H3. The van der Waals surface area contributed by atoms with E-state index in [1.807, 2.05) is 13.8 Å². The highest BCUT2D eigenvalue weighted by Gasteiger charge is 2.65. The molecule has 124 valence electrons. The Bertz CT molecular complexity index is 627. The van der Waals surface area contributed by atoms with Gasteiger partial charge in [-0.1, -0.05) is 13.8 Å². The Balaban J connectivity index is 1.83. The van der Waals surface area contributed by atoms with Crippen molar-refractivity contribution in [1.29, 1.82) is 0 Å². The van der Waals surface area contributed by atoms with Crippen molar-refractivity contribution in [3.63, 3.8) is 0 Å². The van der Waals surface area contributed by atoms with Crippen LogP contribution < -0.4 is 0 Å². The second kappa shape index (κ2) is 4.75. The molecule has 3 atom stereocenters. The third kappa shape index (κ3) is 2.11. The molecule has 3 rings (SSSR count). The number of ketones is 1. The number of nitrogens with zero attached hydrogens (tertiary/aromatic N) is 1. The van der Waals surface area contributed by atoms with Crippen molar-refractivity contribution in [2.45, 2.75) is 52.2 Å². The highest BCUT2D eigenvalue weighted by atomic mass is 32.2. The second-order valence-electron chi connectivity index (χ2n) is 7.18. The molecule has 0 aromatic rings. The molecule has 0 aromatic heterocycles. The number of hydrogen-bond acceptors (Lipinski definition) is 6. The van der Waals surface area contributed by atoms with E-state index in [0.29, 0.717) is 17.9 Å². The van der Waals surface area contributed by atoms with Gasteiger partial charge in [0.15, 0.2) is 6.23 Å². The first-order valence-corrected chi connectivity index (χ1v) is 9.12. The monoisotopic (exact) mass is 331 g/mol. The molecule has 2 saturated carbocycles. The fourth-order valence-electron chi connectivity index (χ4n) is 4.30. The molecule has 7 nitrogen and oxygen atoms in total. The average molecular weight is 331 g/mol. The van der Waals surface area contributed by atoms with Crippen LogP contribution in [0.4, 0.5) is 0 Å². The van der Waals surface area contributed by atoms with E-state index in [1.165, 1.54) is 0 Å². The predicted octanol–water partition coefficient (Wildman–Crippen LogP) is 0.584. The lowest BCUT2D eigenvalue weighted by molar-refractivity contribution is -0.175. The SMILES string of the molecule is CC1(C)C2CCC1(CS(=O)(=O)ON1C(=O)CCC1O)C(=O)C2. The molecule has 1 aliphatic heterocycles. The van der Waals surface area contributed by atoms with Crippen LogP contribution in [0, 0.1) is 16.7 Å². The lowest BCUT2D eigenvalue weighted by Gasteiger charge is -2.36. The molecule has 3 aliphatic rings. The van der Waals surface area contributed by atoms with Crippen LogP contribution >= 0.6 is 0 Å². The summed E-state index contributed by atoms with van der Waals surface area (Å²) in [4.78, 5) is 23.9. The molecule has 0 spiro atoms. The molecule has 0 aromatic carbocycles. The van der Waals surface area contributed by atoms with Gasteiger partial charge in [0.2, 0.25) is 5.91 Å². The van der Waals surface area contributed by atoms with Gasteiger partial charge in [0, 0.05) is 19.3 Å². The second-order valence-corrected chi connectivity index (χ2v) is 8.74. The van der Waals surface area contributed by atoms with Gasteiger partial charge in [0.05, 0.1) is 11.2 Å². The molecule has 8 heteroatoms. The summed E-state index contributed by atoms with van der Waals surface area (Å²) in [7, 11) is -4.14. The maximum absolute atomic E-state index is 12.4. The lowest BCUT2D eigenvalue weighted by Crippen LogP contribution is -2.45. The first kappa shape index (κ1) is 15.9. The summed E-state index contributed by atoms with van der Waals surface area (Å²) in [5, 5.41) is 10.1. The molecule has 2 aliphatic carbocycles. The van der Waals surface area contributed by atoms with Crippen LogP contribution in [0.25, 0.3) is 0 Å². The fraction of sp³-hybridized carbons (Fsp3) is 0.857. The number of fused-ring (bicyclic) bond motifs is 2. The number of aliphatic hydroxyl groups is 1. The van der Waals surface area contributed by atoms with Crippen molar-refractivity contribution in [3.8, 4) is 0 Å². The first-order chi connectivity index (χ1) is 10.1. The Hall–Kier alpha value is -0.990. The van der Waals surface area contributed by atoms with Gasteiger partial charge in [-0.25, -0.2) is 0 Å². The summed E-state index contributed by atoms with van der Waals surface area (Å²) in [6.07, 6.45) is 0.722. The summed E-state index contributed by atoms with van der Waals surface area (Å²) in [5.74, 6) is -0.822. The van der Waals surface area contributed by atoms with E-state index < -0.39 is 38.8 Å². The van der Waals surface area contributed by atoms with Crippen molar-refractivity contribution >= 4 is 21.8 Å². The quantitative estimate of drug-likeness (QED) is 0.809. The maximum Gasteiger partial charge on any atom is 0.289 e. The summed E-state index contributed by atoms with van der Waals surface area (Å²) < 4.78 is 29.6. The van der Waals surface area contributed by atoms with E-state index in [4.69, 9.17) is 4.28 Å². The van der Waals surface area contributed by atoms with Crippen molar-refractivity contribution in [2.24, 2.45) is 16.7 Å². The van der Waals surface area contributed by atoms with E-state index in [1.54, 1.807) is 0 Å². The minimum absolute atomic E-state index is 0.0331. The van der Waals surface area contributed by atoms with Crippen LogP contribution in [-0.2, 0) is 24.0 Å². The number of hydrogen-bond donors (Lipinski definition) is 1. The average Bonchev–Trinajstić information content (AvgIpc) is 2.89. The minimum atomic E-state index is -4.14. The molecule has 0 radical (unpaired) electrons. The van der Waals surface area contributed by atoms with E-state index in [0.717, 1.165) is 6.42 Å². The van der Waals surface area contributed by atoms with Crippen LogP contribution in [0.15, 0.2) is 0 Å². The smallest absolute Gasteiger partial charge is 0.289 e. The van der Waals surface area contributed by atoms with Crippen LogP contribution in [-0.4, -0.2) is 42.3 Å². The number of aliphatic hydroxyl groups excluding tert-OH is 1.